The zero-order valence-electron chi connectivity index (χ0n) is 24.7. The van der Waals surface area contributed by atoms with Gasteiger partial charge in [-0.3, -0.25) is 9.59 Å². The molecule has 2 aliphatic heterocycles. The number of esters is 1. The lowest BCUT2D eigenvalue weighted by Gasteiger charge is -2.41. The second-order valence-corrected chi connectivity index (χ2v) is 11.9. The molecule has 0 spiro atoms. The van der Waals surface area contributed by atoms with Crippen LogP contribution in [-0.2, 0) is 29.2 Å². The van der Waals surface area contributed by atoms with Crippen molar-refractivity contribution in [2.24, 2.45) is 11.8 Å². The van der Waals surface area contributed by atoms with E-state index >= 15 is 0 Å². The van der Waals surface area contributed by atoms with Crippen LogP contribution in [0.4, 0.5) is 4.79 Å². The van der Waals surface area contributed by atoms with Crippen molar-refractivity contribution in [3.63, 3.8) is 0 Å². The van der Waals surface area contributed by atoms with Gasteiger partial charge in [0.05, 0.1) is 18.9 Å². The summed E-state index contributed by atoms with van der Waals surface area (Å²) in [5, 5.41) is 3.21. The monoisotopic (exact) mass is 566 g/mol. The normalized spacial score (nSPS) is 19.3. The molecule has 2 aromatic rings. The van der Waals surface area contributed by atoms with Crippen LogP contribution < -0.4 is 10.1 Å². The van der Waals surface area contributed by atoms with Crippen molar-refractivity contribution >= 4 is 18.0 Å². The van der Waals surface area contributed by atoms with Crippen LogP contribution in [0.15, 0.2) is 48.5 Å². The number of ether oxygens (including phenoxy) is 4. The van der Waals surface area contributed by atoms with Crippen LogP contribution in [0, 0.1) is 11.8 Å². The summed E-state index contributed by atoms with van der Waals surface area (Å²) in [4.78, 5) is 40.7. The molecule has 9 heteroatoms. The van der Waals surface area contributed by atoms with Crippen molar-refractivity contribution < 1.29 is 33.3 Å². The lowest BCUT2D eigenvalue weighted by molar-refractivity contribution is -0.148. The van der Waals surface area contributed by atoms with Crippen molar-refractivity contribution in [1.82, 2.24) is 10.2 Å². The van der Waals surface area contributed by atoms with E-state index in [-0.39, 0.29) is 25.4 Å². The van der Waals surface area contributed by atoms with E-state index in [1.54, 1.807) is 27.9 Å². The van der Waals surface area contributed by atoms with Crippen LogP contribution in [0.2, 0.25) is 0 Å². The van der Waals surface area contributed by atoms with Gasteiger partial charge < -0.3 is 29.2 Å². The first-order chi connectivity index (χ1) is 19.6. The number of carbonyl (C=O) groups is 3. The fourth-order valence-corrected chi connectivity index (χ4v) is 5.87. The highest BCUT2D eigenvalue weighted by molar-refractivity contribution is 5.82. The Balaban J connectivity index is 1.61. The predicted octanol–water partition coefficient (Wildman–Crippen LogP) is 5.06. The number of rotatable bonds is 9. The number of piperidine rings is 1. The molecule has 9 nitrogen and oxygen atoms in total. The van der Waals surface area contributed by atoms with Crippen LogP contribution in [-0.4, -0.2) is 68.9 Å². The third kappa shape index (κ3) is 7.01. The number of unbranched alkanes of at least 4 members (excludes halogenated alkanes) is 1. The van der Waals surface area contributed by atoms with Gasteiger partial charge in [0.25, 0.3) is 0 Å². The Morgan fingerprint density at radius 2 is 1.56 bits per heavy atom. The summed E-state index contributed by atoms with van der Waals surface area (Å²) in [6, 6.07) is 15.9. The Morgan fingerprint density at radius 1 is 0.951 bits per heavy atom. The maximum atomic E-state index is 13.8. The van der Waals surface area contributed by atoms with E-state index < -0.39 is 34.9 Å². The van der Waals surface area contributed by atoms with Gasteiger partial charge in [0.2, 0.25) is 5.91 Å². The van der Waals surface area contributed by atoms with E-state index in [1.165, 1.54) is 12.0 Å². The number of nitrogens with one attached hydrogen (secondary N) is 1. The summed E-state index contributed by atoms with van der Waals surface area (Å²) in [7, 11) is 3.01. The van der Waals surface area contributed by atoms with Crippen LogP contribution in [0.1, 0.15) is 57.6 Å². The van der Waals surface area contributed by atoms with Gasteiger partial charge in [-0.2, -0.15) is 0 Å². The molecule has 0 aromatic heterocycles. The highest BCUT2D eigenvalue weighted by Gasteiger charge is 2.44. The van der Waals surface area contributed by atoms with Crippen LogP contribution in [0.3, 0.4) is 0 Å². The Hall–Kier alpha value is -3.59. The highest BCUT2D eigenvalue weighted by atomic mass is 16.6. The van der Waals surface area contributed by atoms with Gasteiger partial charge in [0.15, 0.2) is 0 Å². The Bertz CT molecular complexity index is 1190. The zero-order valence-corrected chi connectivity index (χ0v) is 24.7. The summed E-state index contributed by atoms with van der Waals surface area (Å²) in [5.41, 5.74) is 0.799. The molecule has 1 fully saturated rings. The van der Waals surface area contributed by atoms with Crippen LogP contribution >= 0.6 is 0 Å². The molecule has 2 amide bonds. The quantitative estimate of drug-likeness (QED) is 0.334. The molecular formula is C32H42N2O7. The average Bonchev–Trinajstić information content (AvgIpc) is 2.96. The molecule has 0 aliphatic carbocycles. The molecule has 222 valence electrons. The fourth-order valence-electron chi connectivity index (χ4n) is 5.87. The maximum absolute atomic E-state index is 13.8. The van der Waals surface area contributed by atoms with E-state index in [2.05, 4.69) is 17.4 Å². The number of benzene rings is 2. The third-order valence-corrected chi connectivity index (χ3v) is 7.80. The molecule has 0 unspecified atom stereocenters. The minimum absolute atomic E-state index is 0.146. The van der Waals surface area contributed by atoms with Crippen LogP contribution in [0.25, 0.3) is 0 Å². The second-order valence-electron chi connectivity index (χ2n) is 11.9. The minimum Gasteiger partial charge on any atom is -0.469 e. The first kappa shape index (κ1) is 30.4. The summed E-state index contributed by atoms with van der Waals surface area (Å²) in [6.45, 7) is 6.64. The average molecular weight is 567 g/mol. The van der Waals surface area contributed by atoms with E-state index in [0.29, 0.717) is 13.2 Å². The molecule has 4 rings (SSSR count). The number of fused-ring (bicyclic) bond motifs is 2. The van der Waals surface area contributed by atoms with E-state index in [4.69, 9.17) is 18.9 Å². The molecule has 2 heterocycles. The molecule has 41 heavy (non-hydrogen) atoms. The summed E-state index contributed by atoms with van der Waals surface area (Å²) in [6.07, 6.45) is 2.27. The van der Waals surface area contributed by atoms with Gasteiger partial charge >= 0.3 is 12.1 Å². The van der Waals surface area contributed by atoms with Crippen molar-refractivity contribution in [3.05, 3.63) is 59.7 Å². The van der Waals surface area contributed by atoms with Gasteiger partial charge in [-0.25, -0.2) is 4.79 Å². The molecule has 2 atom stereocenters. The van der Waals surface area contributed by atoms with Crippen molar-refractivity contribution in [2.45, 2.75) is 57.5 Å². The molecule has 2 aromatic carbocycles. The van der Waals surface area contributed by atoms with E-state index in [1.807, 2.05) is 36.4 Å². The maximum Gasteiger partial charge on any atom is 0.410 e. The number of carbonyl (C=O) groups excluding carboxylic acids is 3. The van der Waals surface area contributed by atoms with Gasteiger partial charge in [0, 0.05) is 49.9 Å². The molecule has 0 bridgehead atoms. The minimum atomic E-state index is -0.702. The zero-order chi connectivity index (χ0) is 29.6. The van der Waals surface area contributed by atoms with Gasteiger partial charge in [0.1, 0.15) is 17.1 Å². The SMILES string of the molecule is COCCCCC1(CNC(=O)[C@H]2C[C@H](C(=O)OC)CN(C(=O)OC(C)(C)C)C2)c2ccccc2Oc2ccccc21. The number of methoxy groups -OCH3 is 2. The first-order valence-electron chi connectivity index (χ1n) is 14.3. The fraction of sp³-hybridized carbons (Fsp3) is 0.531. The van der Waals surface area contributed by atoms with Crippen molar-refractivity contribution in [3.8, 4) is 11.5 Å². The largest absolute Gasteiger partial charge is 0.469 e. The standard InChI is InChI=1S/C32H42N2O7/c1-31(2,3)41-30(37)34-19-22(18-23(20-34)29(36)39-5)28(35)33-21-32(16-10-11-17-38-4)24-12-6-8-14-26(24)40-27-15-9-7-13-25(27)32/h6-9,12-15,22-23H,10-11,16-21H2,1-5H3,(H,33,35)/t22-,23-/m0/s1. The number of amides is 2. The lowest BCUT2D eigenvalue weighted by atomic mass is 9.69. The number of likely N-dealkylation sites (tertiary alicyclic amines) is 1. The second kappa shape index (κ2) is 12.9. The predicted molar refractivity (Wildman–Crippen MR) is 154 cm³/mol. The van der Waals surface area contributed by atoms with Gasteiger partial charge in [-0.05, 0) is 58.6 Å². The number of nitrogens with zero attached hydrogens (tertiary/aromatic N) is 1. The van der Waals surface area contributed by atoms with E-state index in [0.717, 1.165) is 41.9 Å². The van der Waals surface area contributed by atoms with E-state index in [9.17, 15) is 14.4 Å². The van der Waals surface area contributed by atoms with Crippen LogP contribution in [0.5, 0.6) is 11.5 Å². The molecule has 1 N–H and O–H groups in total. The summed E-state index contributed by atoms with van der Waals surface area (Å²) >= 11 is 0. The number of hydrogen-bond acceptors (Lipinski definition) is 7. The third-order valence-electron chi connectivity index (χ3n) is 7.80. The Kier molecular flexibility index (Phi) is 9.58. The van der Waals surface area contributed by atoms with Crippen molar-refractivity contribution in [1.29, 1.82) is 0 Å². The number of para-hydroxylation sites is 2. The number of hydrogen-bond donors (Lipinski definition) is 1. The molecule has 0 radical (unpaired) electrons. The Labute approximate surface area is 242 Å². The highest BCUT2D eigenvalue weighted by Crippen LogP contribution is 2.50. The topological polar surface area (TPSA) is 103 Å². The molecule has 1 saturated heterocycles. The van der Waals surface area contributed by atoms with Crippen molar-refractivity contribution in [2.75, 3.05) is 40.5 Å². The molecule has 0 saturated carbocycles. The lowest BCUT2D eigenvalue weighted by Crippen LogP contribution is -2.53. The Morgan fingerprint density at radius 3 is 2.15 bits per heavy atom. The van der Waals surface area contributed by atoms with Gasteiger partial charge in [-0.15, -0.1) is 0 Å². The summed E-state index contributed by atoms with van der Waals surface area (Å²) in [5.74, 6) is -0.345. The van der Waals surface area contributed by atoms with Gasteiger partial charge in [-0.1, -0.05) is 36.4 Å². The smallest absolute Gasteiger partial charge is 0.410 e. The summed E-state index contributed by atoms with van der Waals surface area (Å²) < 4.78 is 22.1. The first-order valence-corrected chi connectivity index (χ1v) is 14.3. The molecule has 2 aliphatic rings. The molecular weight excluding hydrogens is 524 g/mol.